The lowest BCUT2D eigenvalue weighted by Gasteiger charge is -2.17. The van der Waals surface area contributed by atoms with Crippen molar-refractivity contribution in [3.63, 3.8) is 0 Å². The molecule has 1 atom stereocenters. The van der Waals surface area contributed by atoms with Crippen molar-refractivity contribution in [1.29, 1.82) is 0 Å². The number of nitrogens with zero attached hydrogens (tertiary/aromatic N) is 2. The Balaban J connectivity index is 1.59. The molecular formula is C26H22N2O. The SMILES string of the molecule is CC(Oc1ccccc1)c1nc2ccccc2n1Cc1cccc2ccccc12. The first kappa shape index (κ1) is 17.5. The number of ether oxygens (including phenoxy) is 1. The van der Waals surface area contributed by atoms with Gasteiger partial charge in [0.05, 0.1) is 17.6 Å². The van der Waals surface area contributed by atoms with Crippen molar-refractivity contribution in [3.8, 4) is 5.75 Å². The molecule has 0 amide bonds. The molecule has 29 heavy (non-hydrogen) atoms. The number of rotatable bonds is 5. The van der Waals surface area contributed by atoms with Gasteiger partial charge in [-0.15, -0.1) is 0 Å². The Morgan fingerprint density at radius 1 is 0.793 bits per heavy atom. The Bertz CT molecular complexity index is 1270. The van der Waals surface area contributed by atoms with E-state index in [4.69, 9.17) is 9.72 Å². The van der Waals surface area contributed by atoms with Gasteiger partial charge in [0.2, 0.25) is 0 Å². The van der Waals surface area contributed by atoms with Crippen LogP contribution >= 0.6 is 0 Å². The normalized spacial score (nSPS) is 12.3. The Hall–Kier alpha value is -3.59. The fourth-order valence-corrected chi connectivity index (χ4v) is 3.93. The lowest BCUT2D eigenvalue weighted by molar-refractivity contribution is 0.212. The second-order valence-electron chi connectivity index (χ2n) is 7.26. The molecule has 0 fully saturated rings. The van der Waals surface area contributed by atoms with Crippen molar-refractivity contribution in [2.75, 3.05) is 0 Å². The molecule has 1 unspecified atom stereocenters. The van der Waals surface area contributed by atoms with E-state index in [0.29, 0.717) is 0 Å². The summed E-state index contributed by atoms with van der Waals surface area (Å²) >= 11 is 0. The summed E-state index contributed by atoms with van der Waals surface area (Å²) in [6.07, 6.45) is -0.167. The van der Waals surface area contributed by atoms with Gasteiger partial charge in [-0.1, -0.05) is 72.8 Å². The van der Waals surface area contributed by atoms with Crippen LogP contribution in [0.25, 0.3) is 21.8 Å². The predicted molar refractivity (Wildman–Crippen MR) is 118 cm³/mol. The first-order valence-electron chi connectivity index (χ1n) is 9.93. The fourth-order valence-electron chi connectivity index (χ4n) is 3.93. The van der Waals surface area contributed by atoms with Crippen LogP contribution in [0.5, 0.6) is 5.75 Å². The Morgan fingerprint density at radius 2 is 1.52 bits per heavy atom. The molecule has 0 aliphatic rings. The van der Waals surface area contributed by atoms with Crippen molar-refractivity contribution >= 4 is 21.8 Å². The Labute approximate surface area is 170 Å². The van der Waals surface area contributed by atoms with Gasteiger partial charge >= 0.3 is 0 Å². The number of para-hydroxylation sites is 3. The first-order valence-corrected chi connectivity index (χ1v) is 9.93. The van der Waals surface area contributed by atoms with E-state index in [2.05, 4.69) is 72.2 Å². The van der Waals surface area contributed by atoms with Gasteiger partial charge in [0.1, 0.15) is 5.75 Å². The van der Waals surface area contributed by atoms with Gasteiger partial charge in [0.15, 0.2) is 11.9 Å². The predicted octanol–water partition coefficient (Wildman–Crippen LogP) is 6.38. The highest BCUT2D eigenvalue weighted by molar-refractivity contribution is 5.86. The van der Waals surface area contributed by atoms with Gasteiger partial charge in [-0.2, -0.15) is 0 Å². The third kappa shape index (κ3) is 3.36. The molecule has 4 aromatic carbocycles. The molecular weight excluding hydrogens is 356 g/mol. The van der Waals surface area contributed by atoms with Crippen LogP contribution in [-0.4, -0.2) is 9.55 Å². The summed E-state index contributed by atoms with van der Waals surface area (Å²) in [5, 5.41) is 2.53. The Kier molecular flexibility index (Phi) is 4.49. The third-order valence-corrected chi connectivity index (χ3v) is 5.31. The summed E-state index contributed by atoms with van der Waals surface area (Å²) in [6, 6.07) is 33.2. The van der Waals surface area contributed by atoms with Crippen LogP contribution in [0.15, 0.2) is 97.1 Å². The number of benzene rings is 4. The largest absolute Gasteiger partial charge is 0.483 e. The zero-order valence-corrected chi connectivity index (χ0v) is 16.3. The molecule has 0 aliphatic carbocycles. The number of hydrogen-bond donors (Lipinski definition) is 0. The Morgan fingerprint density at radius 3 is 2.41 bits per heavy atom. The molecule has 3 heteroatoms. The highest BCUT2D eigenvalue weighted by Gasteiger charge is 2.19. The molecule has 0 bridgehead atoms. The lowest BCUT2D eigenvalue weighted by atomic mass is 10.0. The fraction of sp³-hybridized carbons (Fsp3) is 0.115. The maximum atomic E-state index is 6.21. The molecule has 1 aromatic heterocycles. The number of aromatic nitrogens is 2. The molecule has 0 saturated carbocycles. The van der Waals surface area contributed by atoms with Gasteiger partial charge in [0, 0.05) is 0 Å². The summed E-state index contributed by atoms with van der Waals surface area (Å²) < 4.78 is 8.49. The van der Waals surface area contributed by atoms with E-state index in [1.54, 1.807) is 0 Å². The van der Waals surface area contributed by atoms with E-state index >= 15 is 0 Å². The summed E-state index contributed by atoms with van der Waals surface area (Å²) in [5.41, 5.74) is 3.39. The van der Waals surface area contributed by atoms with E-state index in [0.717, 1.165) is 29.2 Å². The van der Waals surface area contributed by atoms with Gasteiger partial charge in [-0.3, -0.25) is 0 Å². The second kappa shape index (κ2) is 7.44. The minimum Gasteiger partial charge on any atom is -0.483 e. The van der Waals surface area contributed by atoms with Crippen LogP contribution in [0.4, 0.5) is 0 Å². The molecule has 5 rings (SSSR count). The average molecular weight is 378 g/mol. The number of fused-ring (bicyclic) bond motifs is 2. The van der Waals surface area contributed by atoms with Crippen LogP contribution in [0.3, 0.4) is 0 Å². The van der Waals surface area contributed by atoms with Crippen molar-refractivity contribution in [2.24, 2.45) is 0 Å². The van der Waals surface area contributed by atoms with Crippen LogP contribution in [0.2, 0.25) is 0 Å². The zero-order valence-electron chi connectivity index (χ0n) is 16.3. The summed E-state index contributed by atoms with van der Waals surface area (Å²) in [5.74, 6) is 1.78. The van der Waals surface area contributed by atoms with Crippen molar-refractivity contribution in [1.82, 2.24) is 9.55 Å². The monoisotopic (exact) mass is 378 g/mol. The highest BCUT2D eigenvalue weighted by atomic mass is 16.5. The van der Waals surface area contributed by atoms with Gasteiger partial charge < -0.3 is 9.30 Å². The average Bonchev–Trinajstić information content (AvgIpc) is 3.13. The molecule has 142 valence electrons. The summed E-state index contributed by atoms with van der Waals surface area (Å²) in [7, 11) is 0. The molecule has 0 N–H and O–H groups in total. The van der Waals surface area contributed by atoms with Crippen LogP contribution in [0, 0.1) is 0 Å². The van der Waals surface area contributed by atoms with E-state index < -0.39 is 0 Å². The molecule has 0 radical (unpaired) electrons. The van der Waals surface area contributed by atoms with Crippen molar-refractivity contribution in [3.05, 3.63) is 108 Å². The number of imidazole rings is 1. The minimum atomic E-state index is -0.167. The number of hydrogen-bond acceptors (Lipinski definition) is 2. The molecule has 0 spiro atoms. The maximum Gasteiger partial charge on any atom is 0.153 e. The lowest BCUT2D eigenvalue weighted by Crippen LogP contribution is -2.13. The topological polar surface area (TPSA) is 27.1 Å². The summed E-state index contributed by atoms with van der Waals surface area (Å²) in [6.45, 7) is 2.81. The summed E-state index contributed by atoms with van der Waals surface area (Å²) in [4.78, 5) is 4.92. The third-order valence-electron chi connectivity index (χ3n) is 5.31. The first-order chi connectivity index (χ1) is 14.3. The zero-order chi connectivity index (χ0) is 19.6. The van der Waals surface area contributed by atoms with E-state index in [-0.39, 0.29) is 6.10 Å². The maximum absolute atomic E-state index is 6.21. The highest BCUT2D eigenvalue weighted by Crippen LogP contribution is 2.27. The van der Waals surface area contributed by atoms with Gasteiger partial charge in [-0.25, -0.2) is 4.98 Å². The quantitative estimate of drug-likeness (QED) is 0.355. The van der Waals surface area contributed by atoms with E-state index in [1.807, 2.05) is 36.4 Å². The molecule has 1 heterocycles. The molecule has 5 aromatic rings. The van der Waals surface area contributed by atoms with E-state index in [1.165, 1.54) is 16.3 Å². The smallest absolute Gasteiger partial charge is 0.153 e. The standard InChI is InChI=1S/C26H22N2O/c1-19(29-22-13-3-2-4-14-22)26-27-24-16-7-8-17-25(24)28(26)18-21-12-9-11-20-10-5-6-15-23(20)21/h2-17,19H,18H2,1H3. The molecule has 0 aliphatic heterocycles. The van der Waals surface area contributed by atoms with Crippen LogP contribution in [-0.2, 0) is 6.54 Å². The van der Waals surface area contributed by atoms with Crippen LogP contribution < -0.4 is 4.74 Å². The van der Waals surface area contributed by atoms with Gasteiger partial charge in [-0.05, 0) is 47.5 Å². The van der Waals surface area contributed by atoms with Crippen LogP contribution in [0.1, 0.15) is 24.4 Å². The second-order valence-corrected chi connectivity index (χ2v) is 7.26. The van der Waals surface area contributed by atoms with Gasteiger partial charge in [0.25, 0.3) is 0 Å². The van der Waals surface area contributed by atoms with E-state index in [9.17, 15) is 0 Å². The molecule has 3 nitrogen and oxygen atoms in total. The van der Waals surface area contributed by atoms with Crippen molar-refractivity contribution in [2.45, 2.75) is 19.6 Å². The van der Waals surface area contributed by atoms with Crippen molar-refractivity contribution < 1.29 is 4.74 Å². The molecule has 0 saturated heterocycles. The minimum absolute atomic E-state index is 0.167.